The quantitative estimate of drug-likeness (QED) is 0.764. The monoisotopic (exact) mass is 238 g/mol. The number of carbonyl (C=O) groups is 2. The molecule has 1 atom stereocenters. The third-order valence-electron chi connectivity index (χ3n) is 2.57. The van der Waals surface area contributed by atoms with Crippen molar-refractivity contribution in [2.24, 2.45) is 0 Å². The van der Waals surface area contributed by atoms with E-state index in [1.807, 2.05) is 0 Å². The summed E-state index contributed by atoms with van der Waals surface area (Å²) in [5.41, 5.74) is 0.418. The highest BCUT2D eigenvalue weighted by Gasteiger charge is 2.18. The molecular weight excluding hydrogens is 224 g/mol. The van der Waals surface area contributed by atoms with E-state index in [9.17, 15) is 14.7 Å². The highest BCUT2D eigenvalue weighted by molar-refractivity contribution is 5.92. The topological polar surface area (TPSA) is 83.8 Å². The third kappa shape index (κ3) is 2.75. The second kappa shape index (κ2) is 5.34. The van der Waals surface area contributed by atoms with Crippen LogP contribution in [0.4, 0.5) is 0 Å². The van der Waals surface area contributed by atoms with Crippen LogP contribution in [0.2, 0.25) is 0 Å². The summed E-state index contributed by atoms with van der Waals surface area (Å²) < 4.78 is 4.90. The molecule has 5 nitrogen and oxygen atoms in total. The second-order valence-electron chi connectivity index (χ2n) is 3.73. The molecule has 0 saturated heterocycles. The molecule has 0 aliphatic heterocycles. The smallest absolute Gasteiger partial charge is 0.339 e. The maximum Gasteiger partial charge on any atom is 0.339 e. The number of carboxylic acid groups (broad SMARTS) is 1. The summed E-state index contributed by atoms with van der Waals surface area (Å²) in [4.78, 5) is 21.4. The number of carboxylic acids is 1. The van der Waals surface area contributed by atoms with Gasteiger partial charge >= 0.3 is 5.97 Å². The van der Waals surface area contributed by atoms with Crippen LogP contribution in [0.3, 0.4) is 0 Å². The molecule has 0 aliphatic rings. The zero-order valence-electron chi connectivity index (χ0n) is 9.64. The Labute approximate surface area is 98.6 Å². The van der Waals surface area contributed by atoms with E-state index in [2.05, 4.69) is 0 Å². The first-order valence-electron chi connectivity index (χ1n) is 5.09. The Bertz CT molecular complexity index is 439. The largest absolute Gasteiger partial charge is 0.504 e. The first kappa shape index (κ1) is 13.0. The fourth-order valence-corrected chi connectivity index (χ4v) is 1.51. The molecule has 0 fully saturated rings. The molecule has 17 heavy (non-hydrogen) atoms. The number of phenols is 1. The van der Waals surface area contributed by atoms with Crippen LogP contribution in [0.25, 0.3) is 0 Å². The molecule has 5 heteroatoms. The normalized spacial score (nSPS) is 11.9. The predicted molar refractivity (Wildman–Crippen MR) is 60.7 cm³/mol. The van der Waals surface area contributed by atoms with Crippen molar-refractivity contribution in [1.29, 1.82) is 0 Å². The Morgan fingerprint density at radius 1 is 1.53 bits per heavy atom. The van der Waals surface area contributed by atoms with Gasteiger partial charge in [0.1, 0.15) is 11.8 Å². The van der Waals surface area contributed by atoms with Crippen LogP contribution in [0.5, 0.6) is 11.5 Å². The molecule has 1 aromatic carbocycles. The van der Waals surface area contributed by atoms with Crippen molar-refractivity contribution in [3.05, 3.63) is 23.3 Å². The van der Waals surface area contributed by atoms with Crippen molar-refractivity contribution in [3.8, 4) is 11.5 Å². The van der Waals surface area contributed by atoms with Crippen molar-refractivity contribution < 1.29 is 24.5 Å². The minimum atomic E-state index is -1.24. The number of hydrogen-bond donors (Lipinski definition) is 2. The minimum Gasteiger partial charge on any atom is -0.504 e. The van der Waals surface area contributed by atoms with Crippen LogP contribution in [0.15, 0.2) is 12.1 Å². The van der Waals surface area contributed by atoms with Crippen molar-refractivity contribution >= 4 is 12.3 Å². The number of rotatable bonds is 5. The van der Waals surface area contributed by atoms with Crippen molar-refractivity contribution in [2.75, 3.05) is 7.11 Å². The van der Waals surface area contributed by atoms with Gasteiger partial charge in [0.05, 0.1) is 7.11 Å². The Kier molecular flexibility index (Phi) is 4.09. The van der Waals surface area contributed by atoms with Crippen LogP contribution < -0.4 is 4.74 Å². The number of methoxy groups -OCH3 is 1. The van der Waals surface area contributed by atoms with Crippen LogP contribution in [0.1, 0.15) is 35.2 Å². The van der Waals surface area contributed by atoms with Gasteiger partial charge in [-0.1, -0.05) is 6.92 Å². The average Bonchev–Trinajstić information content (AvgIpc) is 2.29. The van der Waals surface area contributed by atoms with Gasteiger partial charge in [0.2, 0.25) is 0 Å². The predicted octanol–water partition coefficient (Wildman–Crippen LogP) is 1.79. The van der Waals surface area contributed by atoms with Crippen molar-refractivity contribution in [1.82, 2.24) is 0 Å². The summed E-state index contributed by atoms with van der Waals surface area (Å²) in [5.74, 6) is -1.67. The van der Waals surface area contributed by atoms with Gasteiger partial charge in [-0.05, 0) is 23.6 Å². The molecule has 0 bridgehead atoms. The minimum absolute atomic E-state index is 0.0950. The highest BCUT2D eigenvalue weighted by atomic mass is 16.5. The standard InChI is InChI=1S/C12H14O5/c1-7(3-4-13)8-5-9(12(15)16)11(14)10(6-8)17-2/h4-7,14H,3H2,1-2H3,(H,15,16). The van der Waals surface area contributed by atoms with E-state index in [-0.39, 0.29) is 23.7 Å². The van der Waals surface area contributed by atoms with Gasteiger partial charge in [0, 0.05) is 6.42 Å². The first-order chi connectivity index (χ1) is 8.01. The van der Waals surface area contributed by atoms with E-state index >= 15 is 0 Å². The Balaban J connectivity index is 3.29. The fourth-order valence-electron chi connectivity index (χ4n) is 1.51. The molecule has 0 amide bonds. The van der Waals surface area contributed by atoms with E-state index < -0.39 is 11.7 Å². The molecule has 0 heterocycles. The van der Waals surface area contributed by atoms with Gasteiger partial charge in [-0.25, -0.2) is 4.79 Å². The third-order valence-corrected chi connectivity index (χ3v) is 2.57. The number of aromatic hydroxyl groups is 1. The molecule has 1 aromatic rings. The number of ether oxygens (including phenoxy) is 1. The number of hydrogen-bond acceptors (Lipinski definition) is 4. The summed E-state index contributed by atoms with van der Waals surface area (Å²) >= 11 is 0. The number of benzene rings is 1. The SMILES string of the molecule is COc1cc(C(C)CC=O)cc(C(=O)O)c1O. The van der Waals surface area contributed by atoms with Gasteiger partial charge in [-0.3, -0.25) is 0 Å². The first-order valence-corrected chi connectivity index (χ1v) is 5.09. The van der Waals surface area contributed by atoms with Gasteiger partial charge < -0.3 is 19.7 Å². The summed E-state index contributed by atoms with van der Waals surface area (Å²) in [6.45, 7) is 1.80. The Hall–Kier alpha value is -2.04. The van der Waals surface area contributed by atoms with Crippen molar-refractivity contribution in [3.63, 3.8) is 0 Å². The van der Waals surface area contributed by atoms with Gasteiger partial charge in [0.15, 0.2) is 11.5 Å². The number of carbonyl (C=O) groups excluding carboxylic acids is 1. The van der Waals surface area contributed by atoms with Gasteiger partial charge in [-0.2, -0.15) is 0 Å². The molecule has 1 rings (SSSR count). The summed E-state index contributed by atoms with van der Waals surface area (Å²) in [7, 11) is 1.34. The maximum atomic E-state index is 10.9. The fraction of sp³-hybridized carbons (Fsp3) is 0.333. The molecule has 0 spiro atoms. The lowest BCUT2D eigenvalue weighted by atomic mass is 9.95. The zero-order valence-corrected chi connectivity index (χ0v) is 9.64. The second-order valence-corrected chi connectivity index (χ2v) is 3.73. The van der Waals surface area contributed by atoms with E-state index in [1.165, 1.54) is 19.2 Å². The molecule has 0 radical (unpaired) electrons. The van der Waals surface area contributed by atoms with E-state index in [0.717, 1.165) is 6.29 Å². The zero-order chi connectivity index (χ0) is 13.0. The molecule has 0 aliphatic carbocycles. The summed E-state index contributed by atoms with van der Waals surface area (Å²) in [6.07, 6.45) is 1.05. The van der Waals surface area contributed by atoms with Gasteiger partial charge in [0.25, 0.3) is 0 Å². The average molecular weight is 238 g/mol. The lowest BCUT2D eigenvalue weighted by Crippen LogP contribution is -2.03. The molecule has 0 saturated carbocycles. The van der Waals surface area contributed by atoms with E-state index in [0.29, 0.717) is 5.56 Å². The van der Waals surface area contributed by atoms with E-state index in [1.54, 1.807) is 6.92 Å². The van der Waals surface area contributed by atoms with Crippen LogP contribution in [-0.4, -0.2) is 29.6 Å². The summed E-state index contributed by atoms with van der Waals surface area (Å²) in [6, 6.07) is 2.89. The molecule has 1 unspecified atom stereocenters. The maximum absolute atomic E-state index is 10.9. The van der Waals surface area contributed by atoms with Crippen LogP contribution in [-0.2, 0) is 4.79 Å². The molecular formula is C12H14O5. The van der Waals surface area contributed by atoms with E-state index in [4.69, 9.17) is 9.84 Å². The Morgan fingerprint density at radius 3 is 2.65 bits per heavy atom. The van der Waals surface area contributed by atoms with Gasteiger partial charge in [-0.15, -0.1) is 0 Å². The van der Waals surface area contributed by atoms with Crippen molar-refractivity contribution in [2.45, 2.75) is 19.3 Å². The van der Waals surface area contributed by atoms with Crippen LogP contribution in [0, 0.1) is 0 Å². The number of aldehydes is 1. The summed E-state index contributed by atoms with van der Waals surface area (Å²) in [5, 5.41) is 18.6. The lowest BCUT2D eigenvalue weighted by Gasteiger charge is -2.13. The Morgan fingerprint density at radius 2 is 2.18 bits per heavy atom. The molecule has 2 N–H and O–H groups in total. The number of aromatic carboxylic acids is 1. The molecule has 0 aromatic heterocycles. The molecule has 92 valence electrons. The highest BCUT2D eigenvalue weighted by Crippen LogP contribution is 2.34. The van der Waals surface area contributed by atoms with Crippen LogP contribution >= 0.6 is 0 Å². The lowest BCUT2D eigenvalue weighted by molar-refractivity contribution is -0.108.